The van der Waals surface area contributed by atoms with Crippen molar-refractivity contribution in [3.8, 4) is 0 Å². The van der Waals surface area contributed by atoms with Crippen molar-refractivity contribution in [2.24, 2.45) is 5.14 Å². The van der Waals surface area contributed by atoms with Gasteiger partial charge in [0, 0.05) is 17.7 Å². The van der Waals surface area contributed by atoms with Crippen molar-refractivity contribution < 1.29 is 18.1 Å². The summed E-state index contributed by atoms with van der Waals surface area (Å²) in [5.41, 5.74) is 0.659. The van der Waals surface area contributed by atoms with E-state index in [0.29, 0.717) is 5.56 Å². The summed E-state index contributed by atoms with van der Waals surface area (Å²) in [6, 6.07) is 10.7. The van der Waals surface area contributed by atoms with Gasteiger partial charge in [-0.2, -0.15) is 0 Å². The van der Waals surface area contributed by atoms with Gasteiger partial charge in [0.2, 0.25) is 10.0 Å². The SMILES string of the molecule is CC(NC(=O)c1cccc([N+](=O)[O-])c1)c1ccc(S(N)(=O)=O)cc1. The summed E-state index contributed by atoms with van der Waals surface area (Å²) < 4.78 is 22.4. The fourth-order valence-electron chi connectivity index (χ4n) is 2.07. The standard InChI is InChI=1S/C15H15N3O5S/c1-10(11-5-7-14(8-6-11)24(16,22)23)17-15(19)12-3-2-4-13(9-12)18(20)21/h2-10H,1H3,(H,17,19)(H2,16,22,23). The quantitative estimate of drug-likeness (QED) is 0.626. The molecule has 24 heavy (non-hydrogen) atoms. The van der Waals surface area contributed by atoms with Crippen LogP contribution in [0.3, 0.4) is 0 Å². The third kappa shape index (κ3) is 4.15. The lowest BCUT2D eigenvalue weighted by Crippen LogP contribution is -2.26. The average molecular weight is 349 g/mol. The Bertz CT molecular complexity index is 878. The van der Waals surface area contributed by atoms with E-state index in [4.69, 9.17) is 5.14 Å². The molecule has 0 aromatic heterocycles. The van der Waals surface area contributed by atoms with Crippen LogP contribution >= 0.6 is 0 Å². The van der Waals surface area contributed by atoms with Gasteiger partial charge < -0.3 is 5.32 Å². The highest BCUT2D eigenvalue weighted by molar-refractivity contribution is 7.89. The van der Waals surface area contributed by atoms with Crippen LogP contribution in [0.1, 0.15) is 28.9 Å². The Kier molecular flexibility index (Phi) is 4.96. The number of hydrogen-bond donors (Lipinski definition) is 2. The molecular formula is C15H15N3O5S. The molecule has 8 nitrogen and oxygen atoms in total. The number of primary sulfonamides is 1. The maximum atomic E-state index is 12.2. The predicted octanol–water partition coefficient (Wildman–Crippen LogP) is 1.73. The van der Waals surface area contributed by atoms with E-state index in [-0.39, 0.29) is 16.1 Å². The van der Waals surface area contributed by atoms with Crippen LogP contribution in [0.4, 0.5) is 5.69 Å². The van der Waals surface area contributed by atoms with E-state index in [1.165, 1.54) is 48.5 Å². The number of non-ortho nitro benzene ring substituents is 1. The first-order valence-electron chi connectivity index (χ1n) is 6.86. The number of hydrogen-bond acceptors (Lipinski definition) is 5. The van der Waals surface area contributed by atoms with E-state index < -0.39 is 26.9 Å². The van der Waals surface area contributed by atoms with Gasteiger partial charge in [-0.3, -0.25) is 14.9 Å². The Hall–Kier alpha value is -2.78. The Morgan fingerprint density at radius 2 is 1.83 bits per heavy atom. The summed E-state index contributed by atoms with van der Waals surface area (Å²) in [5.74, 6) is -0.471. The van der Waals surface area contributed by atoms with Crippen LogP contribution in [0.2, 0.25) is 0 Å². The zero-order valence-electron chi connectivity index (χ0n) is 12.7. The lowest BCUT2D eigenvalue weighted by Gasteiger charge is -2.14. The summed E-state index contributed by atoms with van der Waals surface area (Å²) in [6.07, 6.45) is 0. The Morgan fingerprint density at radius 3 is 2.38 bits per heavy atom. The Morgan fingerprint density at radius 1 is 1.21 bits per heavy atom. The van der Waals surface area contributed by atoms with Gasteiger partial charge in [0.15, 0.2) is 0 Å². The summed E-state index contributed by atoms with van der Waals surface area (Å²) in [4.78, 5) is 22.3. The van der Waals surface area contributed by atoms with Gasteiger partial charge in [-0.15, -0.1) is 0 Å². The summed E-state index contributed by atoms with van der Waals surface area (Å²) >= 11 is 0. The van der Waals surface area contributed by atoms with E-state index >= 15 is 0 Å². The van der Waals surface area contributed by atoms with E-state index in [1.807, 2.05) is 0 Å². The predicted molar refractivity (Wildman–Crippen MR) is 86.8 cm³/mol. The fraction of sp³-hybridized carbons (Fsp3) is 0.133. The molecule has 3 N–H and O–H groups in total. The average Bonchev–Trinajstić information content (AvgIpc) is 2.54. The number of benzene rings is 2. The maximum Gasteiger partial charge on any atom is 0.270 e. The number of amides is 1. The highest BCUT2D eigenvalue weighted by Crippen LogP contribution is 2.17. The van der Waals surface area contributed by atoms with Crippen molar-refractivity contribution >= 4 is 21.6 Å². The third-order valence-electron chi connectivity index (χ3n) is 3.38. The lowest BCUT2D eigenvalue weighted by atomic mass is 10.1. The van der Waals surface area contributed by atoms with E-state index in [9.17, 15) is 23.3 Å². The molecule has 0 heterocycles. The number of nitro benzene ring substituents is 1. The largest absolute Gasteiger partial charge is 0.346 e. The molecule has 0 aliphatic rings. The summed E-state index contributed by atoms with van der Waals surface area (Å²) in [7, 11) is -3.78. The molecule has 2 aromatic carbocycles. The molecule has 126 valence electrons. The zero-order chi connectivity index (χ0) is 17.9. The van der Waals surface area contributed by atoms with Crippen molar-refractivity contribution in [1.82, 2.24) is 5.32 Å². The zero-order valence-corrected chi connectivity index (χ0v) is 13.5. The van der Waals surface area contributed by atoms with Gasteiger partial charge in [0.25, 0.3) is 11.6 Å². The number of rotatable bonds is 5. The first kappa shape index (κ1) is 17.6. The minimum Gasteiger partial charge on any atom is -0.346 e. The second kappa shape index (κ2) is 6.77. The first-order chi connectivity index (χ1) is 11.2. The van der Waals surface area contributed by atoms with E-state index in [1.54, 1.807) is 6.92 Å². The minimum atomic E-state index is -3.78. The fourth-order valence-corrected chi connectivity index (χ4v) is 2.59. The second-order valence-corrected chi connectivity index (χ2v) is 6.68. The summed E-state index contributed by atoms with van der Waals surface area (Å²) in [6.45, 7) is 1.71. The molecule has 1 atom stereocenters. The molecule has 0 bridgehead atoms. The summed E-state index contributed by atoms with van der Waals surface area (Å²) in [5, 5.41) is 18.5. The van der Waals surface area contributed by atoms with Crippen LogP contribution in [-0.4, -0.2) is 19.2 Å². The normalized spacial score (nSPS) is 12.4. The smallest absolute Gasteiger partial charge is 0.270 e. The van der Waals surface area contributed by atoms with Crippen molar-refractivity contribution in [3.63, 3.8) is 0 Å². The molecule has 0 saturated carbocycles. The number of carbonyl (C=O) groups excluding carboxylic acids is 1. The highest BCUT2D eigenvalue weighted by atomic mass is 32.2. The van der Waals surface area contributed by atoms with Crippen LogP contribution in [0.25, 0.3) is 0 Å². The van der Waals surface area contributed by atoms with Crippen molar-refractivity contribution in [3.05, 3.63) is 69.8 Å². The molecule has 0 radical (unpaired) electrons. The van der Waals surface area contributed by atoms with Crippen LogP contribution < -0.4 is 10.5 Å². The monoisotopic (exact) mass is 349 g/mol. The number of carbonyl (C=O) groups is 1. The molecule has 1 unspecified atom stereocenters. The van der Waals surface area contributed by atoms with Crippen molar-refractivity contribution in [2.75, 3.05) is 0 Å². The molecule has 0 saturated heterocycles. The molecule has 1 amide bonds. The van der Waals surface area contributed by atoms with Crippen LogP contribution in [0.15, 0.2) is 53.4 Å². The lowest BCUT2D eigenvalue weighted by molar-refractivity contribution is -0.384. The van der Waals surface area contributed by atoms with Gasteiger partial charge in [-0.1, -0.05) is 18.2 Å². The van der Waals surface area contributed by atoms with Gasteiger partial charge in [-0.05, 0) is 30.7 Å². The highest BCUT2D eigenvalue weighted by Gasteiger charge is 2.15. The number of nitrogens with two attached hydrogens (primary N) is 1. The van der Waals surface area contributed by atoms with Crippen LogP contribution in [-0.2, 0) is 10.0 Å². The van der Waals surface area contributed by atoms with Gasteiger partial charge in [0.05, 0.1) is 15.9 Å². The van der Waals surface area contributed by atoms with Gasteiger partial charge in [0.1, 0.15) is 0 Å². The molecule has 0 aliphatic carbocycles. The minimum absolute atomic E-state index is 0.0246. The number of sulfonamides is 1. The van der Waals surface area contributed by atoms with Crippen molar-refractivity contribution in [2.45, 2.75) is 17.9 Å². The molecule has 0 fully saturated rings. The Labute approximate surface area is 138 Å². The topological polar surface area (TPSA) is 132 Å². The Balaban J connectivity index is 2.14. The van der Waals surface area contributed by atoms with Crippen LogP contribution in [0, 0.1) is 10.1 Å². The number of nitrogens with zero attached hydrogens (tertiary/aromatic N) is 1. The molecule has 9 heteroatoms. The number of nitrogens with one attached hydrogen (secondary N) is 1. The first-order valence-corrected chi connectivity index (χ1v) is 8.41. The van der Waals surface area contributed by atoms with Gasteiger partial charge in [-0.25, -0.2) is 13.6 Å². The molecule has 2 rings (SSSR count). The van der Waals surface area contributed by atoms with Crippen molar-refractivity contribution in [1.29, 1.82) is 0 Å². The number of nitro groups is 1. The maximum absolute atomic E-state index is 12.2. The molecule has 0 spiro atoms. The van der Waals surface area contributed by atoms with Gasteiger partial charge >= 0.3 is 0 Å². The molecule has 0 aliphatic heterocycles. The van der Waals surface area contributed by atoms with E-state index in [0.717, 1.165) is 0 Å². The molecule has 2 aromatic rings. The van der Waals surface area contributed by atoms with E-state index in [2.05, 4.69) is 5.32 Å². The van der Waals surface area contributed by atoms with Crippen LogP contribution in [0.5, 0.6) is 0 Å². The molecular weight excluding hydrogens is 334 g/mol. The third-order valence-corrected chi connectivity index (χ3v) is 4.30. The second-order valence-electron chi connectivity index (χ2n) is 5.12.